The Kier molecular flexibility index (Phi) is 7.48. The fourth-order valence-electron chi connectivity index (χ4n) is 3.44. The van der Waals surface area contributed by atoms with Crippen molar-refractivity contribution in [3.63, 3.8) is 0 Å². The molecule has 1 aliphatic rings. The second kappa shape index (κ2) is 10.5. The summed E-state index contributed by atoms with van der Waals surface area (Å²) in [5, 5.41) is 6.50. The molecule has 8 nitrogen and oxygen atoms in total. The summed E-state index contributed by atoms with van der Waals surface area (Å²) in [6.45, 7) is 1.85. The molecule has 3 rings (SSSR count). The number of carbonyl (C=O) groups is 2. The van der Waals surface area contributed by atoms with Crippen molar-refractivity contribution in [1.29, 1.82) is 0 Å². The van der Waals surface area contributed by atoms with Crippen molar-refractivity contribution in [2.75, 3.05) is 32.7 Å². The lowest BCUT2D eigenvalue weighted by molar-refractivity contribution is -0.117. The van der Waals surface area contributed by atoms with Gasteiger partial charge >= 0.3 is 5.97 Å². The van der Waals surface area contributed by atoms with E-state index in [1.54, 1.807) is 19.2 Å². The van der Waals surface area contributed by atoms with Gasteiger partial charge in [-0.25, -0.2) is 4.79 Å². The van der Waals surface area contributed by atoms with E-state index in [2.05, 4.69) is 15.6 Å². The van der Waals surface area contributed by atoms with Gasteiger partial charge in [-0.2, -0.15) is 0 Å². The predicted molar refractivity (Wildman–Crippen MR) is 119 cm³/mol. The molecular formula is C23H28N4O4. The van der Waals surface area contributed by atoms with Crippen LogP contribution in [-0.4, -0.2) is 45.6 Å². The Hall–Kier alpha value is -3.55. The molecule has 8 heteroatoms. The maximum absolute atomic E-state index is 11.9. The minimum atomic E-state index is -0.444. The number of methoxy groups -OCH3 is 2. The highest BCUT2D eigenvalue weighted by Gasteiger charge is 2.21. The average Bonchev–Trinajstić information content (AvgIpc) is 3.24. The molecule has 1 amide bonds. The average molecular weight is 425 g/mol. The molecule has 2 N–H and O–H groups in total. The van der Waals surface area contributed by atoms with Gasteiger partial charge < -0.3 is 25.0 Å². The molecule has 1 aliphatic heterocycles. The molecule has 0 unspecified atom stereocenters. The van der Waals surface area contributed by atoms with Gasteiger partial charge in [0, 0.05) is 38.8 Å². The molecule has 1 fully saturated rings. The lowest BCUT2D eigenvalue weighted by Crippen LogP contribution is -2.36. The second-order valence-corrected chi connectivity index (χ2v) is 7.12. The number of ether oxygens (including phenoxy) is 2. The zero-order chi connectivity index (χ0) is 22.2. The number of hydrogen-bond acceptors (Lipinski definition) is 5. The van der Waals surface area contributed by atoms with Crippen molar-refractivity contribution >= 4 is 23.5 Å². The molecule has 1 saturated heterocycles. The summed E-state index contributed by atoms with van der Waals surface area (Å²) in [5.74, 6) is 0.844. The van der Waals surface area contributed by atoms with Crippen LogP contribution in [0.15, 0.2) is 47.5 Å². The van der Waals surface area contributed by atoms with Gasteiger partial charge in [-0.1, -0.05) is 18.2 Å². The van der Waals surface area contributed by atoms with E-state index in [0.717, 1.165) is 29.8 Å². The van der Waals surface area contributed by atoms with Crippen molar-refractivity contribution in [2.24, 2.45) is 4.99 Å². The maximum Gasteiger partial charge on any atom is 0.341 e. The second-order valence-electron chi connectivity index (χ2n) is 7.12. The number of hydrogen-bond donors (Lipinski definition) is 2. The molecule has 0 spiro atoms. The molecule has 2 aromatic carbocycles. The first-order chi connectivity index (χ1) is 15.0. The molecule has 0 bridgehead atoms. The third kappa shape index (κ3) is 5.53. The molecule has 2 aromatic rings. The number of aliphatic imine (C=N–C) groups is 1. The maximum atomic E-state index is 11.9. The van der Waals surface area contributed by atoms with E-state index in [-0.39, 0.29) is 5.91 Å². The molecule has 0 aromatic heterocycles. The van der Waals surface area contributed by atoms with Crippen molar-refractivity contribution in [2.45, 2.75) is 25.9 Å². The van der Waals surface area contributed by atoms with Gasteiger partial charge in [0.2, 0.25) is 5.91 Å². The highest BCUT2D eigenvalue weighted by atomic mass is 16.5. The molecule has 0 radical (unpaired) electrons. The van der Waals surface area contributed by atoms with Crippen LogP contribution in [0.5, 0.6) is 5.75 Å². The minimum absolute atomic E-state index is 0.185. The van der Waals surface area contributed by atoms with E-state index in [0.29, 0.717) is 36.8 Å². The number of rotatable bonds is 7. The number of esters is 1. The first-order valence-electron chi connectivity index (χ1n) is 10.1. The fraction of sp³-hybridized carbons (Fsp3) is 0.348. The Morgan fingerprint density at radius 2 is 1.74 bits per heavy atom. The summed E-state index contributed by atoms with van der Waals surface area (Å²) in [6, 6.07) is 13.3. The SMILES string of the molecule is CN=C(NCc1ccc(N2CCCC2=O)cc1)NCc1ccc(OC)c(C(=O)OC)c1. The van der Waals surface area contributed by atoms with Crippen LogP contribution < -0.4 is 20.3 Å². The smallest absolute Gasteiger partial charge is 0.341 e. The third-order valence-electron chi connectivity index (χ3n) is 5.13. The number of amides is 1. The summed E-state index contributed by atoms with van der Waals surface area (Å²) in [4.78, 5) is 29.9. The Morgan fingerprint density at radius 1 is 1.06 bits per heavy atom. The largest absolute Gasteiger partial charge is 0.496 e. The van der Waals surface area contributed by atoms with Crippen LogP contribution in [0.2, 0.25) is 0 Å². The molecule has 1 heterocycles. The Morgan fingerprint density at radius 3 is 2.32 bits per heavy atom. The van der Waals surface area contributed by atoms with E-state index in [1.807, 2.05) is 35.2 Å². The van der Waals surface area contributed by atoms with Gasteiger partial charge in [0.05, 0.1) is 14.2 Å². The van der Waals surface area contributed by atoms with Crippen LogP contribution in [0.4, 0.5) is 5.69 Å². The monoisotopic (exact) mass is 424 g/mol. The van der Waals surface area contributed by atoms with Gasteiger partial charge in [0.15, 0.2) is 5.96 Å². The van der Waals surface area contributed by atoms with E-state index >= 15 is 0 Å². The van der Waals surface area contributed by atoms with Gasteiger partial charge in [0.1, 0.15) is 11.3 Å². The molecule has 0 atom stereocenters. The number of benzene rings is 2. The number of carbonyl (C=O) groups excluding carboxylic acids is 2. The van der Waals surface area contributed by atoms with E-state index in [1.165, 1.54) is 14.2 Å². The third-order valence-corrected chi connectivity index (χ3v) is 5.13. The first-order valence-corrected chi connectivity index (χ1v) is 10.1. The van der Waals surface area contributed by atoms with E-state index < -0.39 is 5.97 Å². The predicted octanol–water partition coefficient (Wildman–Crippen LogP) is 2.47. The van der Waals surface area contributed by atoms with Gasteiger partial charge in [-0.05, 0) is 41.8 Å². The molecule has 31 heavy (non-hydrogen) atoms. The van der Waals surface area contributed by atoms with Crippen LogP contribution in [0.1, 0.15) is 34.3 Å². The fourth-order valence-corrected chi connectivity index (χ4v) is 3.44. The van der Waals surface area contributed by atoms with E-state index in [9.17, 15) is 9.59 Å². The van der Waals surface area contributed by atoms with Crippen LogP contribution in [0.25, 0.3) is 0 Å². The first kappa shape index (κ1) is 22.1. The van der Waals surface area contributed by atoms with Crippen LogP contribution >= 0.6 is 0 Å². The van der Waals surface area contributed by atoms with Crippen molar-refractivity contribution in [1.82, 2.24) is 10.6 Å². The van der Waals surface area contributed by atoms with Gasteiger partial charge in [-0.15, -0.1) is 0 Å². The quantitative estimate of drug-likeness (QED) is 0.403. The lowest BCUT2D eigenvalue weighted by atomic mass is 10.1. The highest BCUT2D eigenvalue weighted by Crippen LogP contribution is 2.22. The van der Waals surface area contributed by atoms with Crippen molar-refractivity contribution in [3.8, 4) is 5.75 Å². The Labute approximate surface area is 182 Å². The lowest BCUT2D eigenvalue weighted by Gasteiger charge is -2.16. The molecule has 164 valence electrons. The topological polar surface area (TPSA) is 92.3 Å². The Bertz CT molecular complexity index is 957. The minimum Gasteiger partial charge on any atom is -0.496 e. The van der Waals surface area contributed by atoms with E-state index in [4.69, 9.17) is 9.47 Å². The van der Waals surface area contributed by atoms with Gasteiger partial charge in [0.25, 0.3) is 0 Å². The number of nitrogens with one attached hydrogen (secondary N) is 2. The molecule has 0 saturated carbocycles. The molecular weight excluding hydrogens is 396 g/mol. The van der Waals surface area contributed by atoms with Gasteiger partial charge in [-0.3, -0.25) is 9.79 Å². The van der Waals surface area contributed by atoms with Crippen molar-refractivity contribution in [3.05, 3.63) is 59.2 Å². The van der Waals surface area contributed by atoms with Crippen LogP contribution in [0.3, 0.4) is 0 Å². The summed E-state index contributed by atoms with van der Waals surface area (Å²) in [5.41, 5.74) is 3.29. The van der Waals surface area contributed by atoms with Crippen LogP contribution in [-0.2, 0) is 22.6 Å². The summed E-state index contributed by atoms with van der Waals surface area (Å²) in [7, 11) is 4.56. The zero-order valence-electron chi connectivity index (χ0n) is 18.1. The zero-order valence-corrected chi connectivity index (χ0v) is 18.1. The number of nitrogens with zero attached hydrogens (tertiary/aromatic N) is 2. The standard InChI is InChI=1S/C23H28N4O4/c1-24-23(26-15-17-8-11-20(30-2)19(13-17)22(29)31-3)25-14-16-6-9-18(10-7-16)27-12-4-5-21(27)28/h6-11,13H,4-5,12,14-15H2,1-3H3,(H2,24,25,26). The highest BCUT2D eigenvalue weighted by molar-refractivity contribution is 5.95. The Balaban J connectivity index is 1.55. The normalized spacial score (nSPS) is 13.8. The summed E-state index contributed by atoms with van der Waals surface area (Å²) >= 11 is 0. The summed E-state index contributed by atoms with van der Waals surface area (Å²) in [6.07, 6.45) is 1.54. The summed E-state index contributed by atoms with van der Waals surface area (Å²) < 4.78 is 10.0. The number of guanidine groups is 1. The van der Waals surface area contributed by atoms with Crippen LogP contribution in [0, 0.1) is 0 Å². The molecule has 0 aliphatic carbocycles. The van der Waals surface area contributed by atoms with Crippen molar-refractivity contribution < 1.29 is 19.1 Å². The number of anilines is 1.